The second-order valence-corrected chi connectivity index (χ2v) is 10.4. The molecule has 1 aromatic carbocycles. The fourth-order valence-corrected chi connectivity index (χ4v) is 7.05. The Balaban J connectivity index is 1.40. The van der Waals surface area contributed by atoms with E-state index in [1.54, 1.807) is 10.4 Å². The molecule has 2 atom stereocenters. The first-order valence-electron chi connectivity index (χ1n) is 9.32. The minimum absolute atomic E-state index is 0.103. The molecule has 2 aromatic heterocycles. The molecule has 6 nitrogen and oxygen atoms in total. The average Bonchev–Trinajstić information content (AvgIpc) is 3.52. The van der Waals surface area contributed by atoms with Crippen molar-refractivity contribution in [2.45, 2.75) is 29.5 Å². The van der Waals surface area contributed by atoms with Gasteiger partial charge in [-0.05, 0) is 29.7 Å². The summed E-state index contributed by atoms with van der Waals surface area (Å²) in [6.07, 6.45) is 2.51. The highest BCUT2D eigenvalue weighted by Gasteiger charge is 2.36. The van der Waals surface area contributed by atoms with Crippen molar-refractivity contribution in [1.82, 2.24) is 14.8 Å². The molecule has 4 rings (SSSR count). The number of rotatable bonds is 7. The van der Waals surface area contributed by atoms with Gasteiger partial charge < -0.3 is 9.84 Å². The van der Waals surface area contributed by atoms with Crippen molar-refractivity contribution in [3.8, 4) is 10.6 Å². The molecule has 3 aromatic rings. The van der Waals surface area contributed by atoms with E-state index in [0.29, 0.717) is 17.3 Å². The van der Waals surface area contributed by atoms with E-state index in [1.165, 1.54) is 34.9 Å². The Morgan fingerprint density at radius 3 is 2.76 bits per heavy atom. The number of carbonyl (C=O) groups excluding carboxylic acids is 1. The molecule has 9 heteroatoms. The Labute approximate surface area is 180 Å². The van der Waals surface area contributed by atoms with Gasteiger partial charge in [-0.1, -0.05) is 36.3 Å². The molecule has 0 saturated carbocycles. The molecule has 0 bridgehead atoms. The van der Waals surface area contributed by atoms with Crippen LogP contribution in [0.2, 0.25) is 0 Å². The van der Waals surface area contributed by atoms with E-state index in [1.807, 2.05) is 24.3 Å². The lowest BCUT2D eigenvalue weighted by Gasteiger charge is -2.21. The zero-order chi connectivity index (χ0) is 20.2. The molecule has 1 amide bonds. The number of nitrogens with one attached hydrogen (secondary N) is 1. The fraction of sp³-hybridized carbons (Fsp3) is 0.300. The molecule has 0 spiro atoms. The Kier molecular flexibility index (Phi) is 6.49. The summed E-state index contributed by atoms with van der Waals surface area (Å²) in [4.78, 5) is 13.6. The van der Waals surface area contributed by atoms with Gasteiger partial charge in [0, 0.05) is 24.9 Å². The van der Waals surface area contributed by atoms with Crippen LogP contribution in [-0.2, 0) is 28.7 Å². The Bertz CT molecular complexity index is 986. The second-order valence-electron chi connectivity index (χ2n) is 6.50. The fourth-order valence-electron chi connectivity index (χ4n) is 3.01. The summed E-state index contributed by atoms with van der Waals surface area (Å²) in [7, 11) is -1.39. The van der Waals surface area contributed by atoms with Gasteiger partial charge in [-0.25, -0.2) is 4.21 Å². The predicted molar refractivity (Wildman–Crippen MR) is 117 cm³/mol. The van der Waals surface area contributed by atoms with E-state index in [0.717, 1.165) is 28.3 Å². The average molecular weight is 448 g/mol. The lowest BCUT2D eigenvalue weighted by molar-refractivity contribution is -0.122. The third kappa shape index (κ3) is 4.63. The minimum Gasteiger partial charge on any atom is -0.364 e. The van der Waals surface area contributed by atoms with Crippen molar-refractivity contribution in [1.29, 1.82) is 0 Å². The van der Waals surface area contributed by atoms with Gasteiger partial charge in [0.2, 0.25) is 5.91 Å². The third-order valence-electron chi connectivity index (χ3n) is 4.63. The minimum atomic E-state index is -1.39. The number of aryl methyl sites for hydroxylation is 1. The quantitative estimate of drug-likeness (QED) is 0.598. The molecule has 152 valence electrons. The van der Waals surface area contributed by atoms with Crippen LogP contribution in [0.1, 0.15) is 18.1 Å². The monoisotopic (exact) mass is 447 g/mol. The van der Waals surface area contributed by atoms with Crippen molar-refractivity contribution >= 4 is 40.0 Å². The first-order chi connectivity index (χ1) is 14.2. The molecular weight excluding hydrogens is 426 g/mol. The number of hydrogen-bond acceptors (Lipinski definition) is 6. The normalized spacial score (nSPS) is 18.0. The highest BCUT2D eigenvalue weighted by molar-refractivity contribution is 8.01. The van der Waals surface area contributed by atoms with Gasteiger partial charge in [-0.15, -0.1) is 23.1 Å². The summed E-state index contributed by atoms with van der Waals surface area (Å²) in [5.41, 5.74) is 3.05. The highest BCUT2D eigenvalue weighted by Crippen LogP contribution is 2.33. The van der Waals surface area contributed by atoms with E-state index >= 15 is 0 Å². The van der Waals surface area contributed by atoms with Crippen LogP contribution >= 0.6 is 23.1 Å². The summed E-state index contributed by atoms with van der Waals surface area (Å²) >= 11 is 2.93. The van der Waals surface area contributed by atoms with Gasteiger partial charge in [0.1, 0.15) is 32.5 Å². The van der Waals surface area contributed by atoms with Gasteiger partial charge >= 0.3 is 0 Å². The maximum absolute atomic E-state index is 13.1. The SMILES string of the molecule is CCc1ccc(CNC(=O)C2SCCN2S(=O)c2ccc(-c3ccon3)s2)cc1. The van der Waals surface area contributed by atoms with Crippen molar-refractivity contribution in [3.05, 3.63) is 59.9 Å². The molecule has 1 aliphatic rings. The second kappa shape index (κ2) is 9.25. The van der Waals surface area contributed by atoms with E-state index in [4.69, 9.17) is 4.52 Å². The maximum atomic E-state index is 13.1. The number of carbonyl (C=O) groups is 1. The number of nitrogens with zero attached hydrogens (tertiary/aromatic N) is 2. The van der Waals surface area contributed by atoms with Gasteiger partial charge in [-0.2, -0.15) is 4.31 Å². The Morgan fingerprint density at radius 1 is 1.24 bits per heavy atom. The van der Waals surface area contributed by atoms with Crippen LogP contribution in [0.25, 0.3) is 10.6 Å². The Hall–Kier alpha value is -1.94. The molecule has 0 radical (unpaired) electrons. The summed E-state index contributed by atoms with van der Waals surface area (Å²) in [5.74, 6) is 0.671. The molecule has 1 saturated heterocycles. The third-order valence-corrected chi connectivity index (χ3v) is 8.84. The van der Waals surface area contributed by atoms with E-state index in [9.17, 15) is 9.00 Å². The van der Waals surface area contributed by atoms with Crippen LogP contribution < -0.4 is 5.32 Å². The van der Waals surface area contributed by atoms with Crippen LogP contribution in [0, 0.1) is 0 Å². The van der Waals surface area contributed by atoms with Crippen LogP contribution in [-0.4, -0.2) is 37.2 Å². The summed E-state index contributed by atoms with van der Waals surface area (Å²) < 4.78 is 20.4. The van der Waals surface area contributed by atoms with Crippen LogP contribution in [0.3, 0.4) is 0 Å². The van der Waals surface area contributed by atoms with Crippen molar-refractivity contribution < 1.29 is 13.5 Å². The standard InChI is InChI=1S/C20H21N3O3S3/c1-2-14-3-5-15(6-4-14)13-21-19(24)20-23(10-12-27-20)29(25)18-8-7-17(28-18)16-9-11-26-22-16/h3-9,11,20H,2,10,12-13H2,1H3,(H,21,24). The summed E-state index contributed by atoms with van der Waals surface area (Å²) in [6.45, 7) is 3.19. The number of thiophene rings is 1. The van der Waals surface area contributed by atoms with Crippen molar-refractivity contribution in [2.75, 3.05) is 12.3 Å². The van der Waals surface area contributed by atoms with Crippen LogP contribution in [0.5, 0.6) is 0 Å². The van der Waals surface area contributed by atoms with E-state index < -0.39 is 16.4 Å². The van der Waals surface area contributed by atoms with Gasteiger partial charge in [0.15, 0.2) is 0 Å². The molecule has 3 heterocycles. The van der Waals surface area contributed by atoms with E-state index in [-0.39, 0.29) is 5.91 Å². The van der Waals surface area contributed by atoms with Gasteiger partial charge in [0.25, 0.3) is 0 Å². The number of aromatic nitrogens is 1. The van der Waals surface area contributed by atoms with E-state index in [2.05, 4.69) is 29.5 Å². The molecule has 29 heavy (non-hydrogen) atoms. The lowest BCUT2D eigenvalue weighted by Crippen LogP contribution is -2.42. The van der Waals surface area contributed by atoms with Crippen molar-refractivity contribution in [3.63, 3.8) is 0 Å². The Morgan fingerprint density at radius 2 is 2.03 bits per heavy atom. The molecule has 1 N–H and O–H groups in total. The summed E-state index contributed by atoms with van der Waals surface area (Å²) in [5, 5.41) is 6.45. The largest absolute Gasteiger partial charge is 0.364 e. The number of hydrogen-bond donors (Lipinski definition) is 1. The first-order valence-corrected chi connectivity index (χ1v) is 12.3. The predicted octanol–water partition coefficient (Wildman–Crippen LogP) is 3.68. The smallest absolute Gasteiger partial charge is 0.248 e. The molecular formula is C20H21N3O3S3. The first kappa shape index (κ1) is 20.3. The molecule has 1 fully saturated rings. The summed E-state index contributed by atoms with van der Waals surface area (Å²) in [6, 6.07) is 13.7. The zero-order valence-corrected chi connectivity index (χ0v) is 18.3. The van der Waals surface area contributed by atoms with Crippen LogP contribution in [0.4, 0.5) is 0 Å². The highest BCUT2D eigenvalue weighted by atomic mass is 32.2. The molecule has 0 aliphatic carbocycles. The van der Waals surface area contributed by atoms with Crippen LogP contribution in [0.15, 0.2) is 57.5 Å². The van der Waals surface area contributed by atoms with Crippen molar-refractivity contribution in [2.24, 2.45) is 0 Å². The number of thioether (sulfide) groups is 1. The van der Waals surface area contributed by atoms with Gasteiger partial charge in [-0.3, -0.25) is 4.79 Å². The van der Waals surface area contributed by atoms with Gasteiger partial charge in [0.05, 0.1) is 4.88 Å². The topological polar surface area (TPSA) is 75.4 Å². The molecule has 2 unspecified atom stereocenters. The lowest BCUT2D eigenvalue weighted by atomic mass is 10.1. The number of benzene rings is 1. The number of amides is 1. The zero-order valence-electron chi connectivity index (χ0n) is 15.9. The maximum Gasteiger partial charge on any atom is 0.248 e. The molecule has 1 aliphatic heterocycles.